The average Bonchev–Trinajstić information content (AvgIpc) is 2.51. The summed E-state index contributed by atoms with van der Waals surface area (Å²) in [5.41, 5.74) is 4.55. The molecule has 2 rings (SSSR count). The van der Waals surface area contributed by atoms with E-state index in [2.05, 4.69) is 26.3 Å². The third-order valence-electron chi connectivity index (χ3n) is 2.99. The highest BCUT2D eigenvalue weighted by Gasteiger charge is 2.18. The first-order chi connectivity index (χ1) is 10.3. The summed E-state index contributed by atoms with van der Waals surface area (Å²) in [4.78, 5) is 4.39. The second kappa shape index (κ2) is 8.09. The van der Waals surface area contributed by atoms with Gasteiger partial charge in [0.25, 0.3) is 0 Å². The predicted octanol–water partition coefficient (Wildman–Crippen LogP) is 2.42. The molecule has 2 aromatic rings. The lowest BCUT2D eigenvalue weighted by Gasteiger charge is -2.19. The lowest BCUT2D eigenvalue weighted by molar-refractivity contribution is 0.145. The molecule has 1 heterocycles. The largest absolute Gasteiger partial charge is 0.491 e. The monoisotopic (exact) mass is 351 g/mol. The minimum atomic E-state index is -0.239. The molecular formula is C15H18BrN3O2. The molecule has 0 spiro atoms. The molecule has 0 radical (unpaired) electrons. The smallest absolute Gasteiger partial charge is 0.124 e. The topological polar surface area (TPSA) is 69.4 Å². The quantitative estimate of drug-likeness (QED) is 0.455. The zero-order valence-electron chi connectivity index (χ0n) is 11.8. The molecule has 1 unspecified atom stereocenters. The number of hydrogen-bond acceptors (Lipinski definition) is 5. The van der Waals surface area contributed by atoms with Crippen LogP contribution in [0.5, 0.6) is 5.75 Å². The van der Waals surface area contributed by atoms with Gasteiger partial charge in [0.2, 0.25) is 0 Å². The number of benzene rings is 1. The van der Waals surface area contributed by atoms with Crippen molar-refractivity contribution in [1.82, 2.24) is 10.4 Å². The Balaban J connectivity index is 2.27. The van der Waals surface area contributed by atoms with Gasteiger partial charge in [-0.3, -0.25) is 10.8 Å². The van der Waals surface area contributed by atoms with E-state index < -0.39 is 0 Å². The highest BCUT2D eigenvalue weighted by molar-refractivity contribution is 9.10. The van der Waals surface area contributed by atoms with Crippen LogP contribution in [0.2, 0.25) is 0 Å². The van der Waals surface area contributed by atoms with Gasteiger partial charge in [-0.05, 0) is 34.1 Å². The van der Waals surface area contributed by atoms with Crippen LogP contribution in [0.15, 0.2) is 47.1 Å². The molecule has 0 fully saturated rings. The van der Waals surface area contributed by atoms with Gasteiger partial charge in [0.05, 0.1) is 18.3 Å². The van der Waals surface area contributed by atoms with Gasteiger partial charge in [-0.25, -0.2) is 5.43 Å². The van der Waals surface area contributed by atoms with E-state index in [0.29, 0.717) is 13.2 Å². The zero-order valence-corrected chi connectivity index (χ0v) is 13.3. The minimum absolute atomic E-state index is 0.239. The van der Waals surface area contributed by atoms with Crippen LogP contribution in [0.25, 0.3) is 0 Å². The van der Waals surface area contributed by atoms with E-state index in [9.17, 15) is 0 Å². The van der Waals surface area contributed by atoms with E-state index in [1.54, 1.807) is 13.3 Å². The van der Waals surface area contributed by atoms with E-state index in [-0.39, 0.29) is 6.04 Å². The molecule has 0 bridgehead atoms. The molecule has 5 nitrogen and oxygen atoms in total. The molecule has 0 aliphatic carbocycles. The van der Waals surface area contributed by atoms with Crippen LogP contribution in [0.3, 0.4) is 0 Å². The van der Waals surface area contributed by atoms with Gasteiger partial charge in [-0.1, -0.05) is 18.2 Å². The van der Waals surface area contributed by atoms with E-state index in [1.165, 1.54) is 0 Å². The number of pyridine rings is 1. The number of aromatic nitrogens is 1. The fourth-order valence-corrected chi connectivity index (χ4v) is 2.21. The van der Waals surface area contributed by atoms with Crippen molar-refractivity contribution >= 4 is 15.9 Å². The Hall–Kier alpha value is -1.47. The molecule has 1 atom stereocenters. The summed E-state index contributed by atoms with van der Waals surface area (Å²) in [6.07, 6.45) is 1.74. The van der Waals surface area contributed by atoms with Crippen molar-refractivity contribution in [3.8, 4) is 5.75 Å². The second-order valence-electron chi connectivity index (χ2n) is 4.38. The molecule has 0 saturated heterocycles. The number of methoxy groups -OCH3 is 1. The van der Waals surface area contributed by atoms with Crippen LogP contribution in [0.1, 0.15) is 17.3 Å². The lowest BCUT2D eigenvalue weighted by atomic mass is 10.0. The van der Waals surface area contributed by atoms with Gasteiger partial charge in [0, 0.05) is 23.3 Å². The maximum atomic E-state index is 5.75. The van der Waals surface area contributed by atoms with Gasteiger partial charge >= 0.3 is 0 Å². The number of hydrogen-bond donors (Lipinski definition) is 2. The second-order valence-corrected chi connectivity index (χ2v) is 5.30. The highest BCUT2D eigenvalue weighted by atomic mass is 79.9. The molecule has 0 aliphatic heterocycles. The van der Waals surface area contributed by atoms with E-state index in [0.717, 1.165) is 21.5 Å². The molecule has 1 aromatic heterocycles. The molecule has 0 saturated carbocycles. The summed E-state index contributed by atoms with van der Waals surface area (Å²) < 4.78 is 11.7. The Morgan fingerprint density at radius 3 is 2.71 bits per heavy atom. The van der Waals surface area contributed by atoms with Crippen LogP contribution in [-0.4, -0.2) is 25.3 Å². The molecule has 0 aliphatic rings. The van der Waals surface area contributed by atoms with Crippen molar-refractivity contribution in [3.63, 3.8) is 0 Å². The van der Waals surface area contributed by atoms with Crippen molar-refractivity contribution in [2.75, 3.05) is 20.3 Å². The maximum absolute atomic E-state index is 5.75. The normalized spacial score (nSPS) is 12.1. The van der Waals surface area contributed by atoms with Crippen LogP contribution >= 0.6 is 15.9 Å². The number of para-hydroxylation sites is 1. The Morgan fingerprint density at radius 2 is 2.05 bits per heavy atom. The number of nitrogens with one attached hydrogen (secondary N) is 1. The first-order valence-electron chi connectivity index (χ1n) is 6.54. The Bertz CT molecular complexity index is 563. The fourth-order valence-electron chi connectivity index (χ4n) is 1.98. The summed E-state index contributed by atoms with van der Waals surface area (Å²) in [5, 5.41) is 0. The first kappa shape index (κ1) is 15.9. The summed E-state index contributed by atoms with van der Waals surface area (Å²) in [5.74, 6) is 6.48. The SMILES string of the molecule is COCCOc1ccccc1C(NN)c1ccc(Br)cn1. The average molecular weight is 352 g/mol. The number of ether oxygens (including phenoxy) is 2. The van der Waals surface area contributed by atoms with Crippen molar-refractivity contribution < 1.29 is 9.47 Å². The van der Waals surface area contributed by atoms with Crippen molar-refractivity contribution in [2.24, 2.45) is 5.84 Å². The van der Waals surface area contributed by atoms with E-state index >= 15 is 0 Å². The molecule has 3 N–H and O–H groups in total. The molecule has 0 amide bonds. The Morgan fingerprint density at radius 1 is 1.24 bits per heavy atom. The lowest BCUT2D eigenvalue weighted by Crippen LogP contribution is -2.30. The van der Waals surface area contributed by atoms with Crippen LogP contribution < -0.4 is 16.0 Å². The third-order valence-corrected chi connectivity index (χ3v) is 3.46. The number of rotatable bonds is 7. The van der Waals surface area contributed by atoms with E-state index in [1.807, 2.05) is 36.4 Å². The Labute approximate surface area is 132 Å². The summed E-state index contributed by atoms with van der Waals surface area (Å²) in [6, 6.07) is 11.4. The van der Waals surface area contributed by atoms with Crippen LogP contribution in [-0.2, 0) is 4.74 Å². The summed E-state index contributed by atoms with van der Waals surface area (Å²) >= 11 is 3.38. The Kier molecular flexibility index (Phi) is 6.13. The van der Waals surface area contributed by atoms with Crippen molar-refractivity contribution in [2.45, 2.75) is 6.04 Å². The zero-order chi connectivity index (χ0) is 15.1. The summed E-state index contributed by atoms with van der Waals surface area (Å²) in [7, 11) is 1.64. The molecule has 1 aromatic carbocycles. The molecular weight excluding hydrogens is 334 g/mol. The van der Waals surface area contributed by atoms with Gasteiger partial charge in [-0.2, -0.15) is 0 Å². The number of nitrogens with zero attached hydrogens (tertiary/aromatic N) is 1. The predicted molar refractivity (Wildman–Crippen MR) is 84.9 cm³/mol. The van der Waals surface area contributed by atoms with Gasteiger partial charge in [-0.15, -0.1) is 0 Å². The van der Waals surface area contributed by atoms with Crippen LogP contribution in [0, 0.1) is 0 Å². The molecule has 21 heavy (non-hydrogen) atoms. The standard InChI is InChI=1S/C15H18BrN3O2/c1-20-8-9-21-14-5-3-2-4-12(14)15(19-17)13-7-6-11(16)10-18-13/h2-7,10,15,19H,8-9,17H2,1H3. The number of halogens is 1. The van der Waals surface area contributed by atoms with Crippen molar-refractivity contribution in [3.05, 3.63) is 58.3 Å². The van der Waals surface area contributed by atoms with Crippen LogP contribution in [0.4, 0.5) is 0 Å². The van der Waals surface area contributed by atoms with Crippen molar-refractivity contribution in [1.29, 1.82) is 0 Å². The fraction of sp³-hybridized carbons (Fsp3) is 0.267. The third kappa shape index (κ3) is 4.25. The van der Waals surface area contributed by atoms with Gasteiger partial charge in [0.1, 0.15) is 12.4 Å². The maximum Gasteiger partial charge on any atom is 0.124 e. The summed E-state index contributed by atoms with van der Waals surface area (Å²) in [6.45, 7) is 1.02. The first-order valence-corrected chi connectivity index (χ1v) is 7.33. The van der Waals surface area contributed by atoms with Gasteiger partial charge < -0.3 is 9.47 Å². The van der Waals surface area contributed by atoms with E-state index in [4.69, 9.17) is 15.3 Å². The number of hydrazine groups is 1. The highest BCUT2D eigenvalue weighted by Crippen LogP contribution is 2.29. The number of nitrogens with two attached hydrogens (primary N) is 1. The minimum Gasteiger partial charge on any atom is -0.491 e. The molecule has 112 valence electrons. The van der Waals surface area contributed by atoms with Gasteiger partial charge in [0.15, 0.2) is 0 Å². The molecule has 6 heteroatoms.